The van der Waals surface area contributed by atoms with Crippen LogP contribution in [0.1, 0.15) is 23.0 Å². The summed E-state index contributed by atoms with van der Waals surface area (Å²) in [6, 6.07) is 20.0. The first-order valence-electron chi connectivity index (χ1n) is 6.90. The molecule has 0 N–H and O–H groups in total. The molecule has 104 valence electrons. The van der Waals surface area contributed by atoms with Crippen molar-refractivity contribution in [3.8, 4) is 0 Å². The highest BCUT2D eigenvalue weighted by atomic mass is 16.6. The lowest BCUT2D eigenvalue weighted by Crippen LogP contribution is -2.13. The third kappa shape index (κ3) is 2.77. The first-order chi connectivity index (χ1) is 10.3. The van der Waals surface area contributed by atoms with Crippen LogP contribution in [0.2, 0.25) is 0 Å². The van der Waals surface area contributed by atoms with Gasteiger partial charge in [0.05, 0.1) is 4.92 Å². The molecule has 0 heterocycles. The molecule has 0 unspecified atom stereocenters. The lowest BCUT2D eigenvalue weighted by atomic mass is 9.78. The summed E-state index contributed by atoms with van der Waals surface area (Å²) < 4.78 is 0. The maximum absolute atomic E-state index is 11.1. The predicted octanol–water partition coefficient (Wildman–Crippen LogP) is 4.28. The molecule has 0 fully saturated rings. The summed E-state index contributed by atoms with van der Waals surface area (Å²) in [7, 11) is 0. The SMILES string of the molecule is O=[N+]([O-])C1=C[C@@H](c2ccccc2)[C@@H](c2ccccc2)C=C1. The minimum Gasteiger partial charge on any atom is -0.258 e. The molecule has 1 aliphatic rings. The number of nitro groups is 1. The van der Waals surface area contributed by atoms with Crippen LogP contribution in [0.5, 0.6) is 0 Å². The van der Waals surface area contributed by atoms with E-state index < -0.39 is 0 Å². The number of allylic oxidation sites excluding steroid dienone is 3. The van der Waals surface area contributed by atoms with Gasteiger partial charge in [-0.25, -0.2) is 0 Å². The monoisotopic (exact) mass is 277 g/mol. The second-order valence-electron chi connectivity index (χ2n) is 5.08. The van der Waals surface area contributed by atoms with Crippen molar-refractivity contribution in [3.63, 3.8) is 0 Å². The fraction of sp³-hybridized carbons (Fsp3) is 0.111. The van der Waals surface area contributed by atoms with E-state index in [2.05, 4.69) is 12.1 Å². The lowest BCUT2D eigenvalue weighted by Gasteiger charge is -2.25. The summed E-state index contributed by atoms with van der Waals surface area (Å²) in [5.74, 6) is 0.108. The van der Waals surface area contributed by atoms with Gasteiger partial charge in [0.2, 0.25) is 0 Å². The number of hydrogen-bond donors (Lipinski definition) is 0. The Morgan fingerprint density at radius 2 is 1.33 bits per heavy atom. The first-order valence-corrected chi connectivity index (χ1v) is 6.90. The number of rotatable bonds is 3. The van der Waals surface area contributed by atoms with Crippen molar-refractivity contribution < 1.29 is 4.92 Å². The summed E-state index contributed by atoms with van der Waals surface area (Å²) in [4.78, 5) is 10.7. The molecule has 3 nitrogen and oxygen atoms in total. The molecule has 0 radical (unpaired) electrons. The van der Waals surface area contributed by atoms with Gasteiger partial charge in [-0.05, 0) is 11.1 Å². The molecule has 2 atom stereocenters. The minimum absolute atomic E-state index is 0.0148. The van der Waals surface area contributed by atoms with Crippen LogP contribution in [0.3, 0.4) is 0 Å². The van der Waals surface area contributed by atoms with Gasteiger partial charge in [0, 0.05) is 24.0 Å². The normalized spacial score (nSPS) is 20.9. The van der Waals surface area contributed by atoms with E-state index in [-0.39, 0.29) is 22.5 Å². The Bertz CT molecular complexity index is 690. The first kappa shape index (κ1) is 13.3. The van der Waals surface area contributed by atoms with E-state index in [0.717, 1.165) is 5.56 Å². The van der Waals surface area contributed by atoms with Crippen molar-refractivity contribution >= 4 is 0 Å². The van der Waals surface area contributed by atoms with E-state index >= 15 is 0 Å². The van der Waals surface area contributed by atoms with Crippen LogP contribution in [0, 0.1) is 10.1 Å². The molecule has 2 aromatic rings. The van der Waals surface area contributed by atoms with Crippen LogP contribution in [0.25, 0.3) is 0 Å². The van der Waals surface area contributed by atoms with Crippen molar-refractivity contribution in [2.45, 2.75) is 11.8 Å². The van der Waals surface area contributed by atoms with Gasteiger partial charge in [-0.15, -0.1) is 0 Å². The van der Waals surface area contributed by atoms with Crippen molar-refractivity contribution in [2.75, 3.05) is 0 Å². The van der Waals surface area contributed by atoms with Gasteiger partial charge in [0.15, 0.2) is 0 Å². The molecule has 21 heavy (non-hydrogen) atoms. The highest BCUT2D eigenvalue weighted by Crippen LogP contribution is 2.39. The summed E-state index contributed by atoms with van der Waals surface area (Å²) >= 11 is 0. The van der Waals surface area contributed by atoms with E-state index in [1.807, 2.05) is 54.6 Å². The summed E-state index contributed by atoms with van der Waals surface area (Å²) in [6.07, 6.45) is 5.30. The van der Waals surface area contributed by atoms with E-state index in [0.29, 0.717) is 0 Å². The van der Waals surface area contributed by atoms with Crippen LogP contribution in [0.15, 0.2) is 84.6 Å². The van der Waals surface area contributed by atoms with E-state index in [9.17, 15) is 10.1 Å². The average Bonchev–Trinajstić information content (AvgIpc) is 2.56. The fourth-order valence-electron chi connectivity index (χ4n) is 2.76. The minimum atomic E-state index is -0.326. The standard InChI is InChI=1S/C18H15NO2/c20-19(21)16-11-12-17(14-7-3-1-4-8-14)18(13-16)15-9-5-2-6-10-15/h1-13,17-18H/t17-,18+/m1/s1. The third-order valence-corrected chi connectivity index (χ3v) is 3.79. The number of benzene rings is 2. The van der Waals surface area contributed by atoms with Crippen molar-refractivity contribution in [2.24, 2.45) is 0 Å². The lowest BCUT2D eigenvalue weighted by molar-refractivity contribution is -0.419. The molecule has 0 saturated heterocycles. The second kappa shape index (κ2) is 5.75. The molecule has 0 amide bonds. The molecule has 2 aromatic carbocycles. The molecular weight excluding hydrogens is 262 g/mol. The largest absolute Gasteiger partial charge is 0.265 e. The average molecular weight is 277 g/mol. The zero-order valence-corrected chi connectivity index (χ0v) is 11.4. The van der Waals surface area contributed by atoms with Gasteiger partial charge in [0.25, 0.3) is 5.70 Å². The predicted molar refractivity (Wildman–Crippen MR) is 82.6 cm³/mol. The van der Waals surface area contributed by atoms with Crippen molar-refractivity contribution in [3.05, 3.63) is 106 Å². The number of hydrogen-bond acceptors (Lipinski definition) is 2. The Kier molecular flexibility index (Phi) is 3.65. The maximum atomic E-state index is 11.1. The summed E-state index contributed by atoms with van der Waals surface area (Å²) in [5, 5.41) is 11.1. The Morgan fingerprint density at radius 1 is 0.810 bits per heavy atom. The van der Waals surface area contributed by atoms with Gasteiger partial charge in [-0.3, -0.25) is 10.1 Å². The Labute approximate surface area is 123 Å². The third-order valence-electron chi connectivity index (χ3n) is 3.79. The van der Waals surface area contributed by atoms with Crippen molar-refractivity contribution in [1.82, 2.24) is 0 Å². The Hall–Kier alpha value is -2.68. The van der Waals surface area contributed by atoms with Gasteiger partial charge >= 0.3 is 0 Å². The van der Waals surface area contributed by atoms with Crippen LogP contribution >= 0.6 is 0 Å². The molecule has 0 bridgehead atoms. The molecular formula is C18H15NO2. The summed E-state index contributed by atoms with van der Waals surface area (Å²) in [5.41, 5.74) is 2.42. The topological polar surface area (TPSA) is 43.1 Å². The molecule has 0 aromatic heterocycles. The molecule has 3 heteroatoms. The number of nitrogens with zero attached hydrogens (tertiary/aromatic N) is 1. The maximum Gasteiger partial charge on any atom is 0.265 e. The Morgan fingerprint density at radius 3 is 1.86 bits per heavy atom. The molecule has 0 spiro atoms. The molecule has 0 saturated carbocycles. The van der Waals surface area contributed by atoms with Gasteiger partial charge in [-0.2, -0.15) is 0 Å². The smallest absolute Gasteiger partial charge is 0.258 e. The second-order valence-corrected chi connectivity index (χ2v) is 5.08. The fourth-order valence-corrected chi connectivity index (χ4v) is 2.76. The van der Waals surface area contributed by atoms with Crippen LogP contribution in [-0.4, -0.2) is 4.92 Å². The summed E-state index contributed by atoms with van der Waals surface area (Å²) in [6.45, 7) is 0. The van der Waals surface area contributed by atoms with Crippen LogP contribution in [0.4, 0.5) is 0 Å². The van der Waals surface area contributed by atoms with Crippen LogP contribution < -0.4 is 0 Å². The zero-order chi connectivity index (χ0) is 14.7. The zero-order valence-electron chi connectivity index (χ0n) is 11.4. The van der Waals surface area contributed by atoms with Crippen LogP contribution in [-0.2, 0) is 0 Å². The molecule has 1 aliphatic carbocycles. The molecule has 0 aliphatic heterocycles. The van der Waals surface area contributed by atoms with Crippen molar-refractivity contribution in [1.29, 1.82) is 0 Å². The molecule has 3 rings (SSSR count). The van der Waals surface area contributed by atoms with Gasteiger partial charge < -0.3 is 0 Å². The quantitative estimate of drug-likeness (QED) is 0.620. The van der Waals surface area contributed by atoms with E-state index in [1.165, 1.54) is 5.56 Å². The van der Waals surface area contributed by atoms with Gasteiger partial charge in [0.1, 0.15) is 0 Å². The Balaban J connectivity index is 2.04. The highest BCUT2D eigenvalue weighted by Gasteiger charge is 2.27. The van der Waals surface area contributed by atoms with E-state index in [1.54, 1.807) is 12.2 Å². The highest BCUT2D eigenvalue weighted by molar-refractivity contribution is 5.40. The van der Waals surface area contributed by atoms with Gasteiger partial charge in [-0.1, -0.05) is 66.7 Å². The van der Waals surface area contributed by atoms with E-state index in [4.69, 9.17) is 0 Å².